The van der Waals surface area contributed by atoms with Gasteiger partial charge in [0.05, 0.1) is 0 Å². The Hall–Kier alpha value is -0.120. The average molecular weight is 170 g/mol. The first-order chi connectivity index (χ1) is 5.74. The van der Waals surface area contributed by atoms with Gasteiger partial charge in [0.1, 0.15) is 0 Å². The molecule has 0 saturated heterocycles. The van der Waals surface area contributed by atoms with Gasteiger partial charge in [-0.05, 0) is 37.0 Å². The lowest BCUT2D eigenvalue weighted by atomic mass is 9.83. The number of nitrogens with zero attached hydrogens (tertiary/aromatic N) is 1. The van der Waals surface area contributed by atoms with Crippen LogP contribution in [0.1, 0.15) is 32.6 Å². The fourth-order valence-electron chi connectivity index (χ4n) is 3.30. The molecule has 0 radical (unpaired) electrons. The fraction of sp³-hybridized carbons (Fsp3) is 1.00. The van der Waals surface area contributed by atoms with Crippen molar-refractivity contribution in [1.29, 1.82) is 0 Å². The van der Waals surface area contributed by atoms with E-state index in [1.807, 2.05) is 0 Å². The first kappa shape index (κ1) is 8.48. The molecule has 2 bridgehead atoms. The van der Waals surface area contributed by atoms with Crippen LogP contribution in [0.2, 0.25) is 0 Å². The van der Waals surface area contributed by atoms with E-state index >= 15 is 0 Å². The molecular weight excluding hydrogens is 154 g/mol. The second kappa shape index (κ2) is 2.98. The van der Waals surface area contributed by atoms with Crippen LogP contribution in [-0.4, -0.2) is 16.5 Å². The first-order valence-electron chi connectivity index (χ1n) is 4.89. The van der Waals surface area contributed by atoms with Crippen molar-refractivity contribution < 1.29 is 5.21 Å². The van der Waals surface area contributed by atoms with Crippen LogP contribution in [0.3, 0.4) is 0 Å². The van der Waals surface area contributed by atoms with Gasteiger partial charge in [-0.3, -0.25) is 5.23 Å². The highest BCUT2D eigenvalue weighted by molar-refractivity contribution is 4.99. The zero-order valence-electron chi connectivity index (χ0n) is 7.44. The second-order valence-corrected chi connectivity index (χ2v) is 4.20. The zero-order valence-corrected chi connectivity index (χ0v) is 7.44. The lowest BCUT2D eigenvalue weighted by molar-refractivity contribution is -0.111. The van der Waals surface area contributed by atoms with Gasteiger partial charge < -0.3 is 10.4 Å². The van der Waals surface area contributed by atoms with E-state index in [2.05, 4.69) is 6.92 Å². The second-order valence-electron chi connectivity index (χ2n) is 4.20. The van der Waals surface area contributed by atoms with E-state index in [0.29, 0.717) is 17.8 Å². The molecule has 2 rings (SSSR count). The molecule has 12 heavy (non-hydrogen) atoms. The van der Waals surface area contributed by atoms with Gasteiger partial charge in [-0.15, -0.1) is 0 Å². The Labute approximate surface area is 72.9 Å². The number of hydrogen-bond acceptors (Lipinski definition) is 3. The maximum absolute atomic E-state index is 10.9. The van der Waals surface area contributed by atoms with Crippen molar-refractivity contribution in [2.75, 3.05) is 0 Å². The Morgan fingerprint density at radius 3 is 2.58 bits per heavy atom. The van der Waals surface area contributed by atoms with E-state index in [1.54, 1.807) is 0 Å². The molecule has 3 nitrogen and oxygen atoms in total. The van der Waals surface area contributed by atoms with Crippen molar-refractivity contribution in [2.45, 2.75) is 38.6 Å². The zero-order chi connectivity index (χ0) is 8.72. The van der Waals surface area contributed by atoms with Crippen molar-refractivity contribution in [3.05, 3.63) is 5.21 Å². The molecule has 0 aromatic carbocycles. The van der Waals surface area contributed by atoms with Crippen LogP contribution in [0.5, 0.6) is 0 Å². The summed E-state index contributed by atoms with van der Waals surface area (Å²) in [5.41, 5.74) is 0. The summed E-state index contributed by atoms with van der Waals surface area (Å²) in [5, 5.41) is 20.1. The summed E-state index contributed by atoms with van der Waals surface area (Å²) in [4.78, 5) is 0. The molecular formula is C9H16NO2-. The third kappa shape index (κ3) is 1.08. The first-order valence-corrected chi connectivity index (χ1v) is 4.89. The fourth-order valence-corrected chi connectivity index (χ4v) is 3.30. The Kier molecular flexibility index (Phi) is 2.10. The van der Waals surface area contributed by atoms with Gasteiger partial charge in [-0.2, -0.15) is 0 Å². The lowest BCUT2D eigenvalue weighted by Gasteiger charge is -2.39. The molecule has 4 unspecified atom stereocenters. The Morgan fingerprint density at radius 2 is 2.08 bits per heavy atom. The highest BCUT2D eigenvalue weighted by Crippen LogP contribution is 2.51. The van der Waals surface area contributed by atoms with Crippen LogP contribution in [0.4, 0.5) is 0 Å². The Morgan fingerprint density at radius 1 is 1.42 bits per heavy atom. The number of fused-ring (bicyclic) bond motifs is 2. The van der Waals surface area contributed by atoms with Crippen LogP contribution in [0.25, 0.3) is 0 Å². The maximum Gasteiger partial charge on any atom is 0.0275 e. The van der Waals surface area contributed by atoms with E-state index < -0.39 is 0 Å². The molecule has 2 fully saturated rings. The predicted octanol–water partition coefficient (Wildman–Crippen LogP) is 2.00. The van der Waals surface area contributed by atoms with Gasteiger partial charge in [-0.1, -0.05) is 13.3 Å². The maximum atomic E-state index is 10.9. The van der Waals surface area contributed by atoms with E-state index in [0.717, 1.165) is 12.8 Å². The quantitative estimate of drug-likeness (QED) is 0.645. The predicted molar refractivity (Wildman–Crippen MR) is 45.4 cm³/mol. The van der Waals surface area contributed by atoms with Gasteiger partial charge in [0.25, 0.3) is 0 Å². The van der Waals surface area contributed by atoms with Crippen molar-refractivity contribution in [3.63, 3.8) is 0 Å². The molecule has 0 amide bonds. The summed E-state index contributed by atoms with van der Waals surface area (Å²) in [6.07, 6.45) is 4.62. The average Bonchev–Trinajstić information content (AvgIpc) is 2.60. The molecule has 3 heteroatoms. The summed E-state index contributed by atoms with van der Waals surface area (Å²) in [6, 6.07) is -0.0891. The minimum absolute atomic E-state index is 0.0891. The Balaban J connectivity index is 2.11. The minimum atomic E-state index is -0.0891. The number of rotatable bonds is 2. The van der Waals surface area contributed by atoms with Crippen LogP contribution in [-0.2, 0) is 0 Å². The van der Waals surface area contributed by atoms with E-state index in [9.17, 15) is 5.21 Å². The topological polar surface area (TPSA) is 46.5 Å². The smallest absolute Gasteiger partial charge is 0.0275 e. The molecule has 1 N–H and O–H groups in total. The minimum Gasteiger partial charge on any atom is -0.762 e. The summed E-state index contributed by atoms with van der Waals surface area (Å²) in [7, 11) is 0. The lowest BCUT2D eigenvalue weighted by Crippen LogP contribution is -2.38. The van der Waals surface area contributed by atoms with Crippen LogP contribution >= 0.6 is 0 Å². The largest absolute Gasteiger partial charge is 0.762 e. The summed E-state index contributed by atoms with van der Waals surface area (Å²) in [5.74, 6) is 1.64. The van der Waals surface area contributed by atoms with Crippen molar-refractivity contribution in [2.24, 2.45) is 17.8 Å². The molecule has 2 aliphatic rings. The molecule has 70 valence electrons. The number of hydroxylamine groups is 2. The summed E-state index contributed by atoms with van der Waals surface area (Å²) in [6.45, 7) is 2.11. The van der Waals surface area contributed by atoms with Crippen LogP contribution in [0.15, 0.2) is 0 Å². The van der Waals surface area contributed by atoms with Crippen LogP contribution < -0.4 is 0 Å². The van der Waals surface area contributed by atoms with Gasteiger partial charge >= 0.3 is 0 Å². The highest BCUT2D eigenvalue weighted by atomic mass is 16.8. The van der Waals surface area contributed by atoms with E-state index in [4.69, 9.17) is 5.21 Å². The third-order valence-electron chi connectivity index (χ3n) is 3.77. The Bertz CT molecular complexity index is 172. The van der Waals surface area contributed by atoms with Crippen molar-refractivity contribution in [3.8, 4) is 0 Å². The number of hydrogen-bond donors (Lipinski definition) is 1. The molecule has 2 aliphatic carbocycles. The highest BCUT2D eigenvalue weighted by Gasteiger charge is 2.46. The van der Waals surface area contributed by atoms with Gasteiger partial charge in [0, 0.05) is 6.04 Å². The summed E-state index contributed by atoms with van der Waals surface area (Å²) >= 11 is 0. The van der Waals surface area contributed by atoms with Crippen LogP contribution in [0, 0.1) is 23.0 Å². The third-order valence-corrected chi connectivity index (χ3v) is 3.77. The summed E-state index contributed by atoms with van der Waals surface area (Å²) < 4.78 is 0. The van der Waals surface area contributed by atoms with Crippen molar-refractivity contribution in [1.82, 2.24) is 5.23 Å². The molecule has 4 atom stereocenters. The van der Waals surface area contributed by atoms with E-state index in [-0.39, 0.29) is 11.3 Å². The normalized spacial score (nSPS) is 46.0. The molecule has 0 aliphatic heterocycles. The van der Waals surface area contributed by atoms with Gasteiger partial charge in [0.15, 0.2) is 0 Å². The van der Waals surface area contributed by atoms with Gasteiger partial charge in [0.2, 0.25) is 0 Å². The van der Waals surface area contributed by atoms with Gasteiger partial charge in [-0.25, -0.2) is 0 Å². The van der Waals surface area contributed by atoms with Crippen molar-refractivity contribution >= 4 is 0 Å². The molecule has 0 aromatic rings. The monoisotopic (exact) mass is 170 g/mol. The molecule has 0 heterocycles. The van der Waals surface area contributed by atoms with E-state index in [1.165, 1.54) is 12.8 Å². The molecule has 0 spiro atoms. The standard InChI is InChI=1S/C9H16NO2/c1-2-8-6-3-4-7(5-6)9(8)10(11)12/h6-9,11H,2-5H2,1H3/q-1. The molecule has 0 aromatic heterocycles. The molecule has 2 saturated carbocycles. The SMILES string of the molecule is CCC1C2CCC(C2)C1N([O-])O.